The van der Waals surface area contributed by atoms with Crippen LogP contribution >= 0.6 is 0 Å². The molecular formula is C17H11NO6. The van der Waals surface area contributed by atoms with Crippen LogP contribution in [0.3, 0.4) is 0 Å². The van der Waals surface area contributed by atoms with Gasteiger partial charge in [0.15, 0.2) is 5.76 Å². The molecule has 2 aromatic carbocycles. The first kappa shape index (κ1) is 15.3. The molecule has 0 aliphatic heterocycles. The number of carbonyl (C=O) groups is 3. The van der Waals surface area contributed by atoms with Crippen LogP contribution in [0.15, 0.2) is 52.9 Å². The third-order valence-corrected chi connectivity index (χ3v) is 3.33. The molecular weight excluding hydrogens is 314 g/mol. The number of carboxylic acids is 2. The molecule has 7 nitrogen and oxygen atoms in total. The number of rotatable bonds is 4. The van der Waals surface area contributed by atoms with Crippen molar-refractivity contribution in [2.24, 2.45) is 0 Å². The molecule has 0 fully saturated rings. The summed E-state index contributed by atoms with van der Waals surface area (Å²) in [6.07, 6.45) is 0. The van der Waals surface area contributed by atoms with Crippen molar-refractivity contribution in [1.29, 1.82) is 0 Å². The van der Waals surface area contributed by atoms with Gasteiger partial charge in [0.05, 0.1) is 11.1 Å². The van der Waals surface area contributed by atoms with Gasteiger partial charge in [-0.1, -0.05) is 18.2 Å². The minimum Gasteiger partial charge on any atom is -0.478 e. The lowest BCUT2D eigenvalue weighted by Crippen LogP contribution is -2.12. The quantitative estimate of drug-likeness (QED) is 0.678. The molecule has 0 saturated carbocycles. The maximum absolute atomic E-state index is 12.2. The van der Waals surface area contributed by atoms with E-state index in [-0.39, 0.29) is 22.6 Å². The van der Waals surface area contributed by atoms with Crippen molar-refractivity contribution in [3.05, 3.63) is 65.4 Å². The number of hydrogen-bond donors (Lipinski definition) is 3. The highest BCUT2D eigenvalue weighted by atomic mass is 16.4. The van der Waals surface area contributed by atoms with E-state index in [9.17, 15) is 14.4 Å². The minimum absolute atomic E-state index is 0.0359. The summed E-state index contributed by atoms with van der Waals surface area (Å²) in [6.45, 7) is 0. The first-order valence-corrected chi connectivity index (χ1v) is 6.85. The summed E-state index contributed by atoms with van der Waals surface area (Å²) in [5, 5.41) is 21.3. The molecule has 0 aliphatic carbocycles. The molecule has 3 rings (SSSR count). The zero-order valence-corrected chi connectivity index (χ0v) is 12.1. The highest BCUT2D eigenvalue weighted by molar-refractivity contribution is 6.06. The summed E-state index contributed by atoms with van der Waals surface area (Å²) in [4.78, 5) is 34.4. The average molecular weight is 325 g/mol. The Morgan fingerprint density at radius 1 is 0.875 bits per heavy atom. The molecule has 0 atom stereocenters. The monoisotopic (exact) mass is 325 g/mol. The molecule has 0 radical (unpaired) electrons. The second-order valence-electron chi connectivity index (χ2n) is 5.01. The van der Waals surface area contributed by atoms with Crippen LogP contribution in [-0.2, 0) is 0 Å². The summed E-state index contributed by atoms with van der Waals surface area (Å²) in [6, 6.07) is 12.0. The first-order chi connectivity index (χ1) is 11.4. The van der Waals surface area contributed by atoms with E-state index in [0.29, 0.717) is 5.58 Å². The lowest BCUT2D eigenvalue weighted by atomic mass is 10.1. The van der Waals surface area contributed by atoms with Crippen molar-refractivity contribution < 1.29 is 29.0 Å². The van der Waals surface area contributed by atoms with Gasteiger partial charge in [0.2, 0.25) is 0 Å². The van der Waals surface area contributed by atoms with Crippen LogP contribution in [0.25, 0.3) is 11.0 Å². The second-order valence-corrected chi connectivity index (χ2v) is 5.01. The predicted molar refractivity (Wildman–Crippen MR) is 84.5 cm³/mol. The number of hydrogen-bond acceptors (Lipinski definition) is 4. The molecule has 0 saturated heterocycles. The van der Waals surface area contributed by atoms with Gasteiger partial charge in [0.25, 0.3) is 5.91 Å². The van der Waals surface area contributed by atoms with Gasteiger partial charge >= 0.3 is 11.9 Å². The summed E-state index contributed by atoms with van der Waals surface area (Å²) in [7, 11) is 0. The number of aromatic carboxylic acids is 2. The van der Waals surface area contributed by atoms with Gasteiger partial charge in [-0.15, -0.1) is 0 Å². The molecule has 7 heteroatoms. The fraction of sp³-hybridized carbons (Fsp3) is 0. The van der Waals surface area contributed by atoms with Crippen LogP contribution in [0.1, 0.15) is 31.3 Å². The van der Waals surface area contributed by atoms with Crippen LogP contribution < -0.4 is 5.32 Å². The van der Waals surface area contributed by atoms with Crippen molar-refractivity contribution in [2.45, 2.75) is 0 Å². The fourth-order valence-corrected chi connectivity index (χ4v) is 2.23. The molecule has 0 spiro atoms. The normalized spacial score (nSPS) is 10.5. The van der Waals surface area contributed by atoms with Crippen molar-refractivity contribution >= 4 is 34.5 Å². The van der Waals surface area contributed by atoms with Crippen molar-refractivity contribution in [2.75, 3.05) is 5.32 Å². The Balaban J connectivity index is 1.93. The molecule has 120 valence electrons. The summed E-state index contributed by atoms with van der Waals surface area (Å²) < 4.78 is 5.41. The third-order valence-electron chi connectivity index (χ3n) is 3.33. The second kappa shape index (κ2) is 5.88. The van der Waals surface area contributed by atoms with Gasteiger partial charge in [0, 0.05) is 11.1 Å². The largest absolute Gasteiger partial charge is 0.478 e. The average Bonchev–Trinajstić information content (AvgIpc) is 2.98. The number of carbonyl (C=O) groups excluding carboxylic acids is 1. The van der Waals surface area contributed by atoms with Crippen LogP contribution in [0.2, 0.25) is 0 Å². The molecule has 0 unspecified atom stereocenters. The smallest absolute Gasteiger partial charge is 0.335 e. The maximum atomic E-state index is 12.2. The number of benzene rings is 2. The Kier molecular flexibility index (Phi) is 3.75. The maximum Gasteiger partial charge on any atom is 0.335 e. The number of para-hydroxylation sites is 1. The van der Waals surface area contributed by atoms with Crippen molar-refractivity contribution in [3.8, 4) is 0 Å². The van der Waals surface area contributed by atoms with E-state index in [4.69, 9.17) is 14.6 Å². The van der Waals surface area contributed by atoms with E-state index in [1.807, 2.05) is 0 Å². The number of anilines is 1. The molecule has 24 heavy (non-hydrogen) atoms. The zero-order chi connectivity index (χ0) is 17.3. The van der Waals surface area contributed by atoms with Crippen LogP contribution in [0, 0.1) is 0 Å². The Bertz CT molecular complexity index is 907. The van der Waals surface area contributed by atoms with Gasteiger partial charge in [-0.3, -0.25) is 4.79 Å². The topological polar surface area (TPSA) is 117 Å². The van der Waals surface area contributed by atoms with E-state index in [1.165, 1.54) is 12.1 Å². The van der Waals surface area contributed by atoms with Crippen LogP contribution in [0.4, 0.5) is 5.69 Å². The Hall–Kier alpha value is -3.61. The Morgan fingerprint density at radius 3 is 2.08 bits per heavy atom. The number of amides is 1. The van der Waals surface area contributed by atoms with Crippen LogP contribution in [-0.4, -0.2) is 28.1 Å². The number of nitrogens with one attached hydrogen (secondary N) is 1. The van der Waals surface area contributed by atoms with Gasteiger partial charge in [-0.25, -0.2) is 9.59 Å². The molecule has 0 aliphatic rings. The van der Waals surface area contributed by atoms with Gasteiger partial charge in [-0.05, 0) is 30.3 Å². The minimum atomic E-state index is -1.29. The molecule has 0 bridgehead atoms. The van der Waals surface area contributed by atoms with Gasteiger partial charge < -0.3 is 19.9 Å². The summed E-state index contributed by atoms with van der Waals surface area (Å²) >= 11 is 0. The standard InChI is InChI=1S/C17H11NO6/c19-15(14-8-9-3-1-2-4-13(9)24-14)18-12-6-10(16(20)21)5-11(7-12)17(22)23/h1-8H,(H,18,19)(H,20,21)(H,22,23). The highest BCUT2D eigenvalue weighted by Crippen LogP contribution is 2.21. The van der Waals surface area contributed by atoms with Gasteiger partial charge in [0.1, 0.15) is 5.58 Å². The van der Waals surface area contributed by atoms with Crippen molar-refractivity contribution in [3.63, 3.8) is 0 Å². The number of carboxylic acid groups (broad SMARTS) is 2. The fourth-order valence-electron chi connectivity index (χ4n) is 2.23. The lowest BCUT2D eigenvalue weighted by molar-refractivity contribution is 0.0696. The van der Waals surface area contributed by atoms with E-state index in [1.54, 1.807) is 30.3 Å². The van der Waals surface area contributed by atoms with E-state index < -0.39 is 17.8 Å². The first-order valence-electron chi connectivity index (χ1n) is 6.85. The number of furan rings is 1. The van der Waals surface area contributed by atoms with E-state index in [0.717, 1.165) is 11.5 Å². The highest BCUT2D eigenvalue weighted by Gasteiger charge is 2.16. The van der Waals surface area contributed by atoms with Crippen molar-refractivity contribution in [1.82, 2.24) is 0 Å². The Morgan fingerprint density at radius 2 is 1.50 bits per heavy atom. The summed E-state index contributed by atoms with van der Waals surface area (Å²) in [5.74, 6) is -3.16. The number of fused-ring (bicyclic) bond motifs is 1. The molecule has 3 N–H and O–H groups in total. The SMILES string of the molecule is O=C(O)c1cc(NC(=O)c2cc3ccccc3o2)cc(C(=O)O)c1. The van der Waals surface area contributed by atoms with E-state index in [2.05, 4.69) is 5.32 Å². The zero-order valence-electron chi connectivity index (χ0n) is 12.1. The van der Waals surface area contributed by atoms with Gasteiger partial charge in [-0.2, -0.15) is 0 Å². The van der Waals surface area contributed by atoms with Crippen LogP contribution in [0.5, 0.6) is 0 Å². The Labute approximate surface area is 135 Å². The van der Waals surface area contributed by atoms with E-state index >= 15 is 0 Å². The molecule has 1 aromatic heterocycles. The third kappa shape index (κ3) is 2.95. The molecule has 1 heterocycles. The predicted octanol–water partition coefficient (Wildman–Crippen LogP) is 3.08. The summed E-state index contributed by atoms with van der Waals surface area (Å²) in [5.41, 5.74) is 0.107. The lowest BCUT2D eigenvalue weighted by Gasteiger charge is -2.06. The molecule has 3 aromatic rings. The molecule has 1 amide bonds.